The first-order valence-electron chi connectivity index (χ1n) is 13.2. The molecule has 0 spiro atoms. The van der Waals surface area contributed by atoms with Gasteiger partial charge in [0.05, 0.1) is 5.69 Å². The second-order valence-electron chi connectivity index (χ2n) is 9.97. The maximum absolute atomic E-state index is 4.59. The largest absolute Gasteiger partial charge is 0.264 e. The molecule has 0 fully saturated rings. The maximum Gasteiger partial charge on any atom is 0.0702 e. The quantitative estimate of drug-likeness (QED) is 0.226. The molecule has 184 valence electrons. The van der Waals surface area contributed by atoms with Gasteiger partial charge in [-0.15, -0.1) is 0 Å². The van der Waals surface area contributed by atoms with Crippen LogP contribution in [0, 0.1) is 6.92 Å². The Morgan fingerprint density at radius 2 is 1.03 bits per heavy atom. The summed E-state index contributed by atoms with van der Waals surface area (Å²) in [6, 6.07) is 43.5. The third-order valence-electron chi connectivity index (χ3n) is 7.43. The standard InChI is InChI=1S/C37H26N2/c1-25-21-30(24-38-23-25)26-16-18-27(19-17-26)36-31-11-2-4-13-33(31)37(34-14-5-3-12-32(34)36)29-10-8-9-28(22-29)35-15-6-7-20-39-35/h2-24H,1H3. The maximum atomic E-state index is 4.59. The molecule has 0 N–H and O–H groups in total. The summed E-state index contributed by atoms with van der Waals surface area (Å²) in [5.74, 6) is 0. The van der Waals surface area contributed by atoms with Gasteiger partial charge in [-0.1, -0.05) is 97.1 Å². The number of aryl methyl sites for hydroxylation is 1. The minimum atomic E-state index is 0.980. The monoisotopic (exact) mass is 498 g/mol. The van der Waals surface area contributed by atoms with Gasteiger partial charge in [0.15, 0.2) is 0 Å². The van der Waals surface area contributed by atoms with Crippen LogP contribution in [-0.2, 0) is 0 Å². The van der Waals surface area contributed by atoms with Crippen molar-refractivity contribution in [3.63, 3.8) is 0 Å². The van der Waals surface area contributed by atoms with Crippen LogP contribution in [0.4, 0.5) is 0 Å². The molecule has 0 aliphatic carbocycles. The molecule has 0 saturated carbocycles. The Kier molecular flexibility index (Phi) is 5.71. The van der Waals surface area contributed by atoms with E-state index in [4.69, 9.17) is 0 Å². The van der Waals surface area contributed by atoms with E-state index in [-0.39, 0.29) is 0 Å². The lowest BCUT2D eigenvalue weighted by Crippen LogP contribution is -1.91. The van der Waals surface area contributed by atoms with Crippen molar-refractivity contribution in [2.45, 2.75) is 6.92 Å². The van der Waals surface area contributed by atoms with Crippen molar-refractivity contribution in [3.05, 3.63) is 145 Å². The topological polar surface area (TPSA) is 25.8 Å². The summed E-state index contributed by atoms with van der Waals surface area (Å²) >= 11 is 0. The molecule has 5 aromatic carbocycles. The van der Waals surface area contributed by atoms with E-state index in [1.807, 2.05) is 30.7 Å². The SMILES string of the molecule is Cc1cncc(-c2ccc(-c3c4ccccc4c(-c4cccc(-c5ccccn5)c4)c4ccccc34)cc2)c1. The molecule has 2 heteroatoms. The predicted octanol–water partition coefficient (Wildman–Crippen LogP) is 9.76. The van der Waals surface area contributed by atoms with Crippen molar-refractivity contribution in [3.8, 4) is 44.6 Å². The fourth-order valence-electron chi connectivity index (χ4n) is 5.66. The highest BCUT2D eigenvalue weighted by atomic mass is 14.7. The summed E-state index contributed by atoms with van der Waals surface area (Å²) < 4.78 is 0. The number of hydrogen-bond donors (Lipinski definition) is 0. The van der Waals surface area contributed by atoms with Crippen LogP contribution in [0.3, 0.4) is 0 Å². The molecular weight excluding hydrogens is 472 g/mol. The fourth-order valence-corrected chi connectivity index (χ4v) is 5.66. The highest BCUT2D eigenvalue weighted by molar-refractivity contribution is 6.21. The predicted molar refractivity (Wildman–Crippen MR) is 164 cm³/mol. The van der Waals surface area contributed by atoms with Gasteiger partial charge >= 0.3 is 0 Å². The number of hydrogen-bond acceptors (Lipinski definition) is 2. The number of fused-ring (bicyclic) bond motifs is 2. The molecule has 39 heavy (non-hydrogen) atoms. The van der Waals surface area contributed by atoms with E-state index < -0.39 is 0 Å². The molecule has 2 nitrogen and oxygen atoms in total. The molecule has 0 saturated heterocycles. The van der Waals surface area contributed by atoms with Crippen molar-refractivity contribution < 1.29 is 0 Å². The Bertz CT molecular complexity index is 1900. The molecule has 7 rings (SSSR count). The molecule has 0 aliphatic heterocycles. The number of aromatic nitrogens is 2. The third-order valence-corrected chi connectivity index (χ3v) is 7.43. The van der Waals surface area contributed by atoms with Crippen molar-refractivity contribution in [2.75, 3.05) is 0 Å². The van der Waals surface area contributed by atoms with Gasteiger partial charge in [-0.25, -0.2) is 0 Å². The number of pyridine rings is 2. The minimum Gasteiger partial charge on any atom is -0.264 e. The highest BCUT2D eigenvalue weighted by Gasteiger charge is 2.17. The lowest BCUT2D eigenvalue weighted by atomic mass is 9.85. The summed E-state index contributed by atoms with van der Waals surface area (Å²) in [4.78, 5) is 8.98. The molecule has 2 aromatic heterocycles. The van der Waals surface area contributed by atoms with E-state index in [1.165, 1.54) is 49.4 Å². The second kappa shape index (κ2) is 9.66. The molecule has 2 heterocycles. The smallest absolute Gasteiger partial charge is 0.0702 e. The van der Waals surface area contributed by atoms with Gasteiger partial charge in [0.25, 0.3) is 0 Å². The summed E-state index contributed by atoms with van der Waals surface area (Å²) in [5, 5.41) is 4.99. The zero-order valence-corrected chi connectivity index (χ0v) is 21.7. The van der Waals surface area contributed by atoms with E-state index in [0.29, 0.717) is 0 Å². The Morgan fingerprint density at radius 1 is 0.436 bits per heavy atom. The molecule has 0 radical (unpaired) electrons. The summed E-state index contributed by atoms with van der Waals surface area (Å²) in [6.07, 6.45) is 5.67. The van der Waals surface area contributed by atoms with Gasteiger partial charge in [-0.05, 0) is 86.1 Å². The second-order valence-corrected chi connectivity index (χ2v) is 9.97. The van der Waals surface area contributed by atoms with Crippen molar-refractivity contribution in [1.29, 1.82) is 0 Å². The Labute approximate surface area is 228 Å². The summed E-state index contributed by atoms with van der Waals surface area (Å²) in [5.41, 5.74) is 10.5. The Balaban J connectivity index is 1.45. The molecular formula is C37H26N2. The van der Waals surface area contributed by atoms with E-state index in [9.17, 15) is 0 Å². The van der Waals surface area contributed by atoms with Gasteiger partial charge in [0, 0.05) is 29.7 Å². The molecule has 0 amide bonds. The molecule has 0 aliphatic rings. The van der Waals surface area contributed by atoms with Gasteiger partial charge in [-0.3, -0.25) is 9.97 Å². The first-order valence-corrected chi connectivity index (χ1v) is 13.2. The van der Waals surface area contributed by atoms with Gasteiger partial charge in [0.1, 0.15) is 0 Å². The first-order chi connectivity index (χ1) is 19.3. The molecule has 0 atom stereocenters. The lowest BCUT2D eigenvalue weighted by Gasteiger charge is -2.18. The Morgan fingerprint density at radius 3 is 1.64 bits per heavy atom. The Hall–Kier alpha value is -5.08. The van der Waals surface area contributed by atoms with E-state index in [2.05, 4.69) is 126 Å². The van der Waals surface area contributed by atoms with Crippen LogP contribution >= 0.6 is 0 Å². The summed E-state index contributed by atoms with van der Waals surface area (Å²) in [7, 11) is 0. The molecule has 7 aromatic rings. The van der Waals surface area contributed by atoms with Crippen molar-refractivity contribution >= 4 is 21.5 Å². The van der Waals surface area contributed by atoms with Crippen LogP contribution in [0.15, 0.2) is 140 Å². The first kappa shape index (κ1) is 23.1. The fraction of sp³-hybridized carbons (Fsp3) is 0.0270. The molecule has 0 unspecified atom stereocenters. The van der Waals surface area contributed by atoms with Crippen molar-refractivity contribution in [2.24, 2.45) is 0 Å². The van der Waals surface area contributed by atoms with Crippen LogP contribution in [0.25, 0.3) is 66.2 Å². The van der Waals surface area contributed by atoms with Crippen LogP contribution in [0.1, 0.15) is 5.56 Å². The number of benzene rings is 5. The van der Waals surface area contributed by atoms with E-state index in [0.717, 1.165) is 22.4 Å². The van der Waals surface area contributed by atoms with Crippen LogP contribution < -0.4 is 0 Å². The van der Waals surface area contributed by atoms with Crippen LogP contribution in [0.2, 0.25) is 0 Å². The van der Waals surface area contributed by atoms with E-state index in [1.54, 1.807) is 0 Å². The molecule has 0 bridgehead atoms. The van der Waals surface area contributed by atoms with Gasteiger partial charge < -0.3 is 0 Å². The lowest BCUT2D eigenvalue weighted by molar-refractivity contribution is 1.27. The van der Waals surface area contributed by atoms with Crippen LogP contribution in [-0.4, -0.2) is 9.97 Å². The van der Waals surface area contributed by atoms with Gasteiger partial charge in [-0.2, -0.15) is 0 Å². The highest BCUT2D eigenvalue weighted by Crippen LogP contribution is 2.44. The van der Waals surface area contributed by atoms with Crippen molar-refractivity contribution in [1.82, 2.24) is 9.97 Å². The normalized spacial score (nSPS) is 11.2. The third kappa shape index (κ3) is 4.17. The number of nitrogens with zero attached hydrogens (tertiary/aromatic N) is 2. The van der Waals surface area contributed by atoms with E-state index >= 15 is 0 Å². The number of rotatable bonds is 4. The summed E-state index contributed by atoms with van der Waals surface area (Å²) in [6.45, 7) is 2.08. The van der Waals surface area contributed by atoms with Gasteiger partial charge in [0.2, 0.25) is 0 Å². The zero-order valence-electron chi connectivity index (χ0n) is 21.7. The zero-order chi connectivity index (χ0) is 26.2. The van der Waals surface area contributed by atoms with Crippen LogP contribution in [0.5, 0.6) is 0 Å². The minimum absolute atomic E-state index is 0.980. The average Bonchev–Trinajstić information content (AvgIpc) is 3.00. The average molecular weight is 499 g/mol.